The smallest absolute Gasteiger partial charge is 0.355 e. The molecule has 0 radical (unpaired) electrons. The zero-order valence-corrected chi connectivity index (χ0v) is 5.98. The summed E-state index contributed by atoms with van der Waals surface area (Å²) in [4.78, 5) is 30.3. The van der Waals surface area contributed by atoms with Crippen molar-refractivity contribution in [1.82, 2.24) is 0 Å². The van der Waals surface area contributed by atoms with Gasteiger partial charge in [0.15, 0.2) is 6.29 Å². The van der Waals surface area contributed by atoms with Crippen LogP contribution < -0.4 is 0 Å². The van der Waals surface area contributed by atoms with Crippen molar-refractivity contribution in [1.29, 1.82) is 0 Å². The molecule has 0 saturated carbocycles. The fraction of sp³-hybridized carbons (Fsp3) is 0.500. The van der Waals surface area contributed by atoms with Crippen molar-refractivity contribution >= 4 is 18.7 Å². The average molecular weight is 160 g/mol. The minimum absolute atomic E-state index is 0.0238. The number of esters is 1. The summed E-state index contributed by atoms with van der Waals surface area (Å²) in [5.41, 5.74) is 0. The van der Waals surface area contributed by atoms with Crippen LogP contribution in [0.1, 0.15) is 6.92 Å². The van der Waals surface area contributed by atoms with Crippen LogP contribution in [0.3, 0.4) is 0 Å². The van der Waals surface area contributed by atoms with Crippen molar-refractivity contribution in [2.24, 2.45) is 0 Å². The van der Waals surface area contributed by atoms with Gasteiger partial charge in [0.25, 0.3) is 12.6 Å². The Labute approximate surface area is 63.3 Å². The summed E-state index contributed by atoms with van der Waals surface area (Å²) in [5.74, 6) is -0.852. The summed E-state index contributed by atoms with van der Waals surface area (Å²) < 4.78 is 8.48. The number of ether oxygens (including phenoxy) is 2. The molecule has 5 nitrogen and oxygen atoms in total. The maximum Gasteiger partial charge on any atom is 0.355 e. The number of carbonyl (C=O) groups excluding carboxylic acids is 3. The van der Waals surface area contributed by atoms with Crippen molar-refractivity contribution < 1.29 is 23.9 Å². The highest BCUT2D eigenvalue weighted by molar-refractivity contribution is 5.91. The lowest BCUT2D eigenvalue weighted by atomic mass is 10.4. The van der Waals surface area contributed by atoms with Crippen molar-refractivity contribution in [3.8, 4) is 0 Å². The molecule has 0 bridgehead atoms. The second kappa shape index (κ2) is 5.40. The van der Waals surface area contributed by atoms with Gasteiger partial charge in [0.05, 0.1) is 6.61 Å². The molecule has 0 N–H and O–H groups in total. The second-order valence-corrected chi connectivity index (χ2v) is 1.54. The Morgan fingerprint density at radius 3 is 2.55 bits per heavy atom. The van der Waals surface area contributed by atoms with Gasteiger partial charge in [-0.2, -0.15) is 0 Å². The molecule has 0 aliphatic heterocycles. The lowest BCUT2D eigenvalue weighted by molar-refractivity contribution is -0.162. The maximum absolute atomic E-state index is 10.6. The fourth-order valence-electron chi connectivity index (χ4n) is 0.427. The molecule has 11 heavy (non-hydrogen) atoms. The highest BCUT2D eigenvalue weighted by atomic mass is 16.6. The van der Waals surface area contributed by atoms with E-state index in [0.717, 1.165) is 0 Å². The molecule has 0 aliphatic rings. The molecule has 1 unspecified atom stereocenters. The van der Waals surface area contributed by atoms with Crippen LogP contribution in [0.4, 0.5) is 0 Å². The first-order valence-electron chi connectivity index (χ1n) is 2.97. The molecule has 0 aromatic heterocycles. The van der Waals surface area contributed by atoms with Gasteiger partial charge in [-0.05, 0) is 6.92 Å². The van der Waals surface area contributed by atoms with E-state index in [4.69, 9.17) is 0 Å². The molecule has 0 aliphatic carbocycles. The van der Waals surface area contributed by atoms with E-state index < -0.39 is 12.1 Å². The van der Waals surface area contributed by atoms with Gasteiger partial charge in [-0.1, -0.05) is 0 Å². The van der Waals surface area contributed by atoms with Crippen LogP contribution in [-0.2, 0) is 23.9 Å². The molecular weight excluding hydrogens is 152 g/mol. The maximum atomic E-state index is 10.6. The lowest BCUT2D eigenvalue weighted by Crippen LogP contribution is -2.27. The highest BCUT2D eigenvalue weighted by Crippen LogP contribution is 1.89. The monoisotopic (exact) mass is 160 g/mol. The van der Waals surface area contributed by atoms with Gasteiger partial charge in [0, 0.05) is 0 Å². The van der Waals surface area contributed by atoms with E-state index in [1.807, 2.05) is 0 Å². The van der Waals surface area contributed by atoms with Crippen LogP contribution in [0.5, 0.6) is 0 Å². The molecule has 0 aromatic rings. The Balaban J connectivity index is 3.90. The SMILES string of the molecule is CCOC(=O)C(C=O)OC=O. The summed E-state index contributed by atoms with van der Waals surface area (Å²) in [5, 5.41) is 0. The zero-order chi connectivity index (χ0) is 8.69. The second-order valence-electron chi connectivity index (χ2n) is 1.54. The molecule has 0 rings (SSSR count). The van der Waals surface area contributed by atoms with Gasteiger partial charge < -0.3 is 9.47 Å². The molecule has 62 valence electrons. The van der Waals surface area contributed by atoms with E-state index in [2.05, 4.69) is 9.47 Å². The van der Waals surface area contributed by atoms with Gasteiger partial charge in [0.2, 0.25) is 0 Å². The van der Waals surface area contributed by atoms with Crippen LogP contribution in [0.2, 0.25) is 0 Å². The van der Waals surface area contributed by atoms with Crippen LogP contribution in [0, 0.1) is 0 Å². The molecule has 0 spiro atoms. The molecule has 0 fully saturated rings. The fourth-order valence-corrected chi connectivity index (χ4v) is 0.427. The summed E-state index contributed by atoms with van der Waals surface area (Å²) >= 11 is 0. The molecule has 1 atom stereocenters. The Bertz CT molecular complexity index is 153. The minimum Gasteiger partial charge on any atom is -0.463 e. The van der Waals surface area contributed by atoms with E-state index in [-0.39, 0.29) is 19.4 Å². The van der Waals surface area contributed by atoms with Gasteiger partial charge in [-0.25, -0.2) is 4.79 Å². The molecular formula is C6H8O5. The van der Waals surface area contributed by atoms with E-state index in [1.165, 1.54) is 0 Å². The van der Waals surface area contributed by atoms with Crippen LogP contribution in [0.25, 0.3) is 0 Å². The Kier molecular flexibility index (Phi) is 4.72. The first kappa shape index (κ1) is 9.61. The summed E-state index contributed by atoms with van der Waals surface area (Å²) in [6, 6.07) is 0. The Morgan fingerprint density at radius 1 is 1.55 bits per heavy atom. The average Bonchev–Trinajstić information content (AvgIpc) is 2.00. The van der Waals surface area contributed by atoms with Gasteiger partial charge in [0.1, 0.15) is 0 Å². The lowest BCUT2D eigenvalue weighted by Gasteiger charge is -2.05. The number of hydrogen-bond acceptors (Lipinski definition) is 5. The topological polar surface area (TPSA) is 69.7 Å². The summed E-state index contributed by atoms with van der Waals surface area (Å²) in [6.07, 6.45) is -1.22. The summed E-state index contributed by atoms with van der Waals surface area (Å²) in [6.45, 7) is 1.75. The first-order chi connectivity index (χ1) is 5.26. The van der Waals surface area contributed by atoms with E-state index in [1.54, 1.807) is 6.92 Å². The van der Waals surface area contributed by atoms with E-state index in [0.29, 0.717) is 0 Å². The number of aldehydes is 1. The standard InChI is InChI=1S/C6H8O5/c1-2-10-6(9)5(3-7)11-4-8/h3-5H,2H2,1H3. The highest BCUT2D eigenvalue weighted by Gasteiger charge is 2.19. The molecule has 0 amide bonds. The largest absolute Gasteiger partial charge is 0.463 e. The zero-order valence-electron chi connectivity index (χ0n) is 5.98. The van der Waals surface area contributed by atoms with Crippen LogP contribution >= 0.6 is 0 Å². The van der Waals surface area contributed by atoms with Gasteiger partial charge in [-0.3, -0.25) is 9.59 Å². The third-order valence-electron chi connectivity index (χ3n) is 0.845. The van der Waals surface area contributed by atoms with Gasteiger partial charge >= 0.3 is 5.97 Å². The van der Waals surface area contributed by atoms with Crippen molar-refractivity contribution in [3.63, 3.8) is 0 Å². The predicted octanol–water partition coefficient (Wildman–Crippen LogP) is -0.710. The number of rotatable bonds is 5. The number of carbonyl (C=O) groups is 3. The third-order valence-corrected chi connectivity index (χ3v) is 0.845. The predicted molar refractivity (Wildman–Crippen MR) is 33.6 cm³/mol. The molecule has 5 heteroatoms. The first-order valence-corrected chi connectivity index (χ1v) is 2.97. The van der Waals surface area contributed by atoms with E-state index in [9.17, 15) is 14.4 Å². The van der Waals surface area contributed by atoms with E-state index >= 15 is 0 Å². The Hall–Kier alpha value is -1.39. The van der Waals surface area contributed by atoms with Crippen molar-refractivity contribution in [2.45, 2.75) is 13.0 Å². The van der Waals surface area contributed by atoms with Gasteiger partial charge in [-0.15, -0.1) is 0 Å². The van der Waals surface area contributed by atoms with Crippen LogP contribution in [-0.4, -0.2) is 31.4 Å². The number of hydrogen-bond donors (Lipinski definition) is 0. The van der Waals surface area contributed by atoms with Crippen LogP contribution in [0.15, 0.2) is 0 Å². The molecule has 0 heterocycles. The molecule has 0 aromatic carbocycles. The van der Waals surface area contributed by atoms with Crippen molar-refractivity contribution in [2.75, 3.05) is 6.61 Å². The normalized spacial score (nSPS) is 11.4. The third kappa shape index (κ3) is 3.34. The molecule has 0 saturated heterocycles. The quantitative estimate of drug-likeness (QED) is 0.302. The Morgan fingerprint density at radius 2 is 2.18 bits per heavy atom. The van der Waals surface area contributed by atoms with Crippen molar-refractivity contribution in [3.05, 3.63) is 0 Å². The summed E-state index contributed by atoms with van der Waals surface area (Å²) in [7, 11) is 0. The minimum atomic E-state index is -1.42.